The number of benzene rings is 3. The van der Waals surface area contributed by atoms with Crippen LogP contribution >= 0.6 is 35.0 Å². The first-order valence-corrected chi connectivity index (χ1v) is 12.0. The van der Waals surface area contributed by atoms with Crippen molar-refractivity contribution in [2.75, 3.05) is 10.6 Å². The average molecular weight is 487 g/mol. The standard InChI is InChI=1S/C25H24Cl2N2O2S/c1-2-3-12-23(30)28-19-10-7-11-20(16-19)32-24(17-8-5-4-6-9-17)25(31)29-22-14-13-18(26)15-21(22)27/h4-11,13-16,24H,2-3,12H2,1H3,(H,28,30)(H,29,31). The predicted octanol–water partition coefficient (Wildman–Crippen LogP) is 7.59. The molecule has 0 spiro atoms. The van der Waals surface area contributed by atoms with Gasteiger partial charge in [0.25, 0.3) is 0 Å². The normalized spacial score (nSPS) is 11.6. The molecule has 0 saturated heterocycles. The van der Waals surface area contributed by atoms with E-state index in [1.54, 1.807) is 18.2 Å². The first-order valence-electron chi connectivity index (χ1n) is 10.3. The number of halogens is 2. The molecule has 0 aromatic heterocycles. The molecule has 0 fully saturated rings. The monoisotopic (exact) mass is 486 g/mol. The Morgan fingerprint density at radius 2 is 1.72 bits per heavy atom. The predicted molar refractivity (Wildman–Crippen MR) is 135 cm³/mol. The first kappa shape index (κ1) is 24.2. The molecule has 1 atom stereocenters. The minimum atomic E-state index is -0.519. The molecule has 0 radical (unpaired) electrons. The SMILES string of the molecule is CCCCC(=O)Nc1cccc(SC(C(=O)Nc2ccc(Cl)cc2Cl)c2ccccc2)c1. The smallest absolute Gasteiger partial charge is 0.242 e. The third kappa shape index (κ3) is 7.02. The largest absolute Gasteiger partial charge is 0.326 e. The van der Waals surface area contributed by atoms with Crippen LogP contribution in [0, 0.1) is 0 Å². The molecule has 1 unspecified atom stereocenters. The van der Waals surface area contributed by atoms with E-state index >= 15 is 0 Å². The summed E-state index contributed by atoms with van der Waals surface area (Å²) in [6.07, 6.45) is 2.31. The zero-order chi connectivity index (χ0) is 22.9. The molecule has 3 aromatic carbocycles. The first-order chi connectivity index (χ1) is 15.5. The van der Waals surface area contributed by atoms with Crippen molar-refractivity contribution in [3.05, 3.63) is 88.4 Å². The van der Waals surface area contributed by atoms with Crippen molar-refractivity contribution >= 4 is 58.2 Å². The zero-order valence-corrected chi connectivity index (χ0v) is 19.9. The molecule has 0 saturated carbocycles. The molecular weight excluding hydrogens is 463 g/mol. The van der Waals surface area contributed by atoms with Gasteiger partial charge in [-0.2, -0.15) is 0 Å². The Hall–Kier alpha value is -2.47. The van der Waals surface area contributed by atoms with E-state index in [-0.39, 0.29) is 11.8 Å². The average Bonchev–Trinajstić information content (AvgIpc) is 2.78. The molecule has 4 nitrogen and oxygen atoms in total. The Labute approximate surface area is 202 Å². The van der Waals surface area contributed by atoms with E-state index in [0.717, 1.165) is 23.3 Å². The van der Waals surface area contributed by atoms with Crippen molar-refractivity contribution in [2.24, 2.45) is 0 Å². The maximum absolute atomic E-state index is 13.2. The van der Waals surface area contributed by atoms with Gasteiger partial charge in [0.15, 0.2) is 0 Å². The second-order valence-electron chi connectivity index (χ2n) is 7.20. The summed E-state index contributed by atoms with van der Waals surface area (Å²) < 4.78 is 0. The molecular formula is C25H24Cl2N2O2S. The van der Waals surface area contributed by atoms with Crippen molar-refractivity contribution in [1.82, 2.24) is 0 Å². The highest BCUT2D eigenvalue weighted by atomic mass is 35.5. The van der Waals surface area contributed by atoms with Crippen LogP contribution < -0.4 is 10.6 Å². The van der Waals surface area contributed by atoms with E-state index in [1.807, 2.05) is 54.6 Å². The number of carbonyl (C=O) groups is 2. The number of hydrogen-bond donors (Lipinski definition) is 2. The van der Waals surface area contributed by atoms with Crippen LogP contribution in [0.3, 0.4) is 0 Å². The molecule has 2 N–H and O–H groups in total. The van der Waals surface area contributed by atoms with Crippen LogP contribution in [-0.4, -0.2) is 11.8 Å². The van der Waals surface area contributed by atoms with Gasteiger partial charge in [-0.05, 0) is 48.4 Å². The Balaban J connectivity index is 1.80. The van der Waals surface area contributed by atoms with E-state index in [1.165, 1.54) is 11.8 Å². The summed E-state index contributed by atoms with van der Waals surface area (Å²) >= 11 is 13.6. The lowest BCUT2D eigenvalue weighted by atomic mass is 10.1. The van der Waals surface area contributed by atoms with Gasteiger partial charge in [-0.3, -0.25) is 9.59 Å². The number of hydrogen-bond acceptors (Lipinski definition) is 3. The molecule has 0 aliphatic rings. The molecule has 3 rings (SSSR count). The molecule has 2 amide bonds. The summed E-state index contributed by atoms with van der Waals surface area (Å²) in [6.45, 7) is 2.05. The molecule has 0 heterocycles. The zero-order valence-electron chi connectivity index (χ0n) is 17.6. The fourth-order valence-corrected chi connectivity index (χ4v) is 4.57. The van der Waals surface area contributed by atoms with Crippen LogP contribution in [0.15, 0.2) is 77.7 Å². The van der Waals surface area contributed by atoms with Crippen molar-refractivity contribution in [2.45, 2.75) is 36.3 Å². The van der Waals surface area contributed by atoms with Gasteiger partial charge in [-0.1, -0.05) is 72.9 Å². The molecule has 7 heteroatoms. The van der Waals surface area contributed by atoms with E-state index in [0.29, 0.717) is 27.8 Å². The van der Waals surface area contributed by atoms with Crippen LogP contribution in [-0.2, 0) is 9.59 Å². The lowest BCUT2D eigenvalue weighted by Crippen LogP contribution is -2.19. The number of anilines is 2. The number of unbranched alkanes of at least 4 members (excludes halogenated alkanes) is 1. The van der Waals surface area contributed by atoms with Crippen LogP contribution in [0.2, 0.25) is 10.0 Å². The Bertz CT molecular complexity index is 1080. The molecule has 3 aromatic rings. The van der Waals surface area contributed by atoms with E-state index in [9.17, 15) is 9.59 Å². The quantitative estimate of drug-likeness (QED) is 0.306. The fraction of sp³-hybridized carbons (Fsp3) is 0.200. The molecule has 166 valence electrons. The van der Waals surface area contributed by atoms with Crippen LogP contribution in [0.25, 0.3) is 0 Å². The summed E-state index contributed by atoms with van der Waals surface area (Å²) in [5.41, 5.74) is 2.07. The van der Waals surface area contributed by atoms with Crippen LogP contribution in [0.1, 0.15) is 37.0 Å². The van der Waals surface area contributed by atoms with E-state index in [4.69, 9.17) is 23.2 Å². The molecule has 0 aliphatic heterocycles. The van der Waals surface area contributed by atoms with Crippen LogP contribution in [0.5, 0.6) is 0 Å². The van der Waals surface area contributed by atoms with Gasteiger partial charge in [0.2, 0.25) is 11.8 Å². The second kappa shape index (κ2) is 12.0. The highest BCUT2D eigenvalue weighted by Crippen LogP contribution is 2.38. The van der Waals surface area contributed by atoms with Crippen molar-refractivity contribution in [3.8, 4) is 0 Å². The molecule has 32 heavy (non-hydrogen) atoms. The summed E-state index contributed by atoms with van der Waals surface area (Å²) in [4.78, 5) is 26.2. The van der Waals surface area contributed by atoms with Crippen molar-refractivity contribution < 1.29 is 9.59 Å². The van der Waals surface area contributed by atoms with Gasteiger partial charge in [0, 0.05) is 22.0 Å². The molecule has 0 aliphatic carbocycles. The molecule has 0 bridgehead atoms. The van der Waals surface area contributed by atoms with Gasteiger partial charge in [-0.15, -0.1) is 11.8 Å². The van der Waals surface area contributed by atoms with E-state index < -0.39 is 5.25 Å². The fourth-order valence-electron chi connectivity index (χ4n) is 3.03. The lowest BCUT2D eigenvalue weighted by molar-refractivity contribution is -0.116. The highest BCUT2D eigenvalue weighted by molar-refractivity contribution is 8.00. The van der Waals surface area contributed by atoms with Crippen molar-refractivity contribution in [3.63, 3.8) is 0 Å². The highest BCUT2D eigenvalue weighted by Gasteiger charge is 2.23. The Morgan fingerprint density at radius 3 is 2.44 bits per heavy atom. The third-order valence-corrected chi connectivity index (χ3v) is 6.45. The number of rotatable bonds is 9. The number of amides is 2. The topological polar surface area (TPSA) is 58.2 Å². The van der Waals surface area contributed by atoms with Gasteiger partial charge in [0.05, 0.1) is 10.7 Å². The number of carbonyl (C=O) groups excluding carboxylic acids is 2. The Kier molecular flexibility index (Phi) is 9.03. The summed E-state index contributed by atoms with van der Waals surface area (Å²) in [5, 5.41) is 6.19. The van der Waals surface area contributed by atoms with Gasteiger partial charge < -0.3 is 10.6 Å². The van der Waals surface area contributed by atoms with Gasteiger partial charge >= 0.3 is 0 Å². The van der Waals surface area contributed by atoms with Gasteiger partial charge in [-0.25, -0.2) is 0 Å². The van der Waals surface area contributed by atoms with Crippen molar-refractivity contribution in [1.29, 1.82) is 0 Å². The second-order valence-corrected chi connectivity index (χ2v) is 9.22. The maximum Gasteiger partial charge on any atom is 0.242 e. The lowest BCUT2D eigenvalue weighted by Gasteiger charge is -2.18. The number of thioether (sulfide) groups is 1. The minimum Gasteiger partial charge on any atom is -0.326 e. The summed E-state index contributed by atoms with van der Waals surface area (Å²) in [5.74, 6) is -0.216. The van der Waals surface area contributed by atoms with E-state index in [2.05, 4.69) is 17.6 Å². The number of nitrogens with one attached hydrogen (secondary N) is 2. The van der Waals surface area contributed by atoms with Gasteiger partial charge in [0.1, 0.15) is 5.25 Å². The third-order valence-electron chi connectivity index (χ3n) is 4.66. The Morgan fingerprint density at radius 1 is 0.938 bits per heavy atom. The maximum atomic E-state index is 13.2. The minimum absolute atomic E-state index is 0.0104. The summed E-state index contributed by atoms with van der Waals surface area (Å²) in [7, 11) is 0. The summed E-state index contributed by atoms with van der Waals surface area (Å²) in [6, 6.07) is 22.0. The van der Waals surface area contributed by atoms with Crippen LogP contribution in [0.4, 0.5) is 11.4 Å².